The molecule has 8 nitrogen and oxygen atoms in total. The van der Waals surface area contributed by atoms with Gasteiger partial charge in [-0.3, -0.25) is 14.2 Å². The van der Waals surface area contributed by atoms with Gasteiger partial charge < -0.3 is 20.1 Å². The zero-order valence-corrected chi connectivity index (χ0v) is 20.1. The van der Waals surface area contributed by atoms with Crippen molar-refractivity contribution in [3.63, 3.8) is 0 Å². The maximum absolute atomic E-state index is 12.9. The maximum atomic E-state index is 12.9. The Morgan fingerprint density at radius 1 is 1.33 bits per heavy atom. The molecule has 2 aromatic rings. The first-order chi connectivity index (χ1) is 17.0. The fraction of sp³-hybridized carbons (Fsp3) is 0.583. The molecule has 3 aliphatic carbocycles. The highest BCUT2D eigenvalue weighted by molar-refractivity contribution is 6.30. The number of nitrogens with one attached hydrogen (secondary N) is 1. The van der Waals surface area contributed by atoms with E-state index in [9.17, 15) is 23.1 Å². The van der Waals surface area contributed by atoms with Crippen LogP contribution in [0.15, 0.2) is 30.6 Å². The van der Waals surface area contributed by atoms with Crippen molar-refractivity contribution in [2.45, 2.75) is 61.8 Å². The van der Waals surface area contributed by atoms with Gasteiger partial charge in [0.25, 0.3) is 5.91 Å². The number of ether oxygens (including phenoxy) is 2. The number of nitrogens with zero attached hydrogens (tertiary/aromatic N) is 3. The molecular weight excluding hydrogens is 501 g/mol. The summed E-state index contributed by atoms with van der Waals surface area (Å²) < 4.78 is 48.7. The minimum atomic E-state index is -4.60. The molecule has 2 N–H and O–H groups in total. The molecule has 7 rings (SSSR count). The Bertz CT molecular complexity index is 1170. The van der Waals surface area contributed by atoms with Crippen LogP contribution in [0.5, 0.6) is 5.75 Å². The number of benzene rings is 1. The minimum Gasteiger partial charge on any atom is -0.480 e. The molecule has 2 bridgehead atoms. The van der Waals surface area contributed by atoms with E-state index in [0.717, 1.165) is 24.9 Å². The van der Waals surface area contributed by atoms with E-state index >= 15 is 0 Å². The van der Waals surface area contributed by atoms with E-state index in [1.54, 1.807) is 24.4 Å². The van der Waals surface area contributed by atoms with Crippen molar-refractivity contribution < 1.29 is 32.5 Å². The third-order valence-corrected chi connectivity index (χ3v) is 8.14. The molecule has 0 spiro atoms. The SMILES string of the molecule is O=C(NC12CC(n3cc(N4CC[C@H](COC(F)(F)F)C4)cn3)(C1)C2)[C@H]1C[C@@H](O)c2cc(Cl)ccc2O1. The summed E-state index contributed by atoms with van der Waals surface area (Å²) in [6, 6.07) is 4.98. The number of carbonyl (C=O) groups is 1. The number of aromatic nitrogens is 2. The summed E-state index contributed by atoms with van der Waals surface area (Å²) in [5.74, 6) is 0.0479. The van der Waals surface area contributed by atoms with Crippen molar-refractivity contribution >= 4 is 23.2 Å². The maximum Gasteiger partial charge on any atom is 0.522 e. The highest BCUT2D eigenvalue weighted by Crippen LogP contribution is 2.65. The van der Waals surface area contributed by atoms with Crippen LogP contribution in [0.1, 0.15) is 43.8 Å². The number of aliphatic hydroxyl groups excluding tert-OH is 1. The minimum absolute atomic E-state index is 0.152. The fourth-order valence-electron chi connectivity index (χ4n) is 6.18. The molecule has 3 heterocycles. The second-order valence-corrected chi connectivity index (χ2v) is 11.0. The van der Waals surface area contributed by atoms with Gasteiger partial charge in [0.05, 0.1) is 30.1 Å². The van der Waals surface area contributed by atoms with Crippen molar-refractivity contribution in [2.75, 3.05) is 24.6 Å². The van der Waals surface area contributed by atoms with Gasteiger partial charge in [-0.1, -0.05) is 11.6 Å². The first-order valence-electron chi connectivity index (χ1n) is 12.0. The normalized spacial score (nSPS) is 32.8. The molecule has 1 aromatic heterocycles. The van der Waals surface area contributed by atoms with Crippen molar-refractivity contribution in [3.05, 3.63) is 41.2 Å². The summed E-state index contributed by atoms with van der Waals surface area (Å²) in [7, 11) is 0. The monoisotopic (exact) mass is 526 g/mol. The van der Waals surface area contributed by atoms with Crippen LogP contribution in [0.4, 0.5) is 18.9 Å². The number of hydrogen-bond donors (Lipinski definition) is 2. The number of halogens is 4. The molecule has 5 aliphatic rings. The zero-order chi connectivity index (χ0) is 25.3. The third kappa shape index (κ3) is 4.20. The molecule has 4 fully saturated rings. The van der Waals surface area contributed by atoms with Crippen LogP contribution in [-0.4, -0.2) is 58.5 Å². The Labute approximate surface area is 210 Å². The van der Waals surface area contributed by atoms with Crippen LogP contribution < -0.4 is 15.0 Å². The van der Waals surface area contributed by atoms with Gasteiger partial charge >= 0.3 is 6.36 Å². The summed E-state index contributed by atoms with van der Waals surface area (Å²) in [4.78, 5) is 15.0. The van der Waals surface area contributed by atoms with E-state index in [-0.39, 0.29) is 35.9 Å². The number of carbonyl (C=O) groups excluding carboxylic acids is 1. The van der Waals surface area contributed by atoms with E-state index in [2.05, 4.69) is 15.2 Å². The number of amides is 1. The van der Waals surface area contributed by atoms with E-state index in [4.69, 9.17) is 16.3 Å². The average Bonchev–Trinajstić information content (AvgIpc) is 3.43. The van der Waals surface area contributed by atoms with E-state index in [0.29, 0.717) is 35.8 Å². The smallest absolute Gasteiger partial charge is 0.480 e. The first-order valence-corrected chi connectivity index (χ1v) is 12.4. The van der Waals surface area contributed by atoms with Gasteiger partial charge in [0.15, 0.2) is 6.10 Å². The van der Waals surface area contributed by atoms with Crippen LogP contribution in [0.3, 0.4) is 0 Å². The summed E-state index contributed by atoms with van der Waals surface area (Å²) in [6.07, 6.45) is 0.526. The lowest BCUT2D eigenvalue weighted by Crippen LogP contribution is -2.79. The molecule has 12 heteroatoms. The molecule has 0 radical (unpaired) electrons. The van der Waals surface area contributed by atoms with Crippen LogP contribution in [0, 0.1) is 5.92 Å². The standard InChI is InChI=1S/C24H26ClF3N4O4/c25-15-1-2-19-17(5-15)18(33)6-20(36-19)21(34)30-22-11-23(12-22,13-22)32-9-16(7-29-32)31-4-3-14(8-31)10-35-24(26,27)28/h1-2,5,7,9,14,18,20,33H,3-4,6,8,10-13H2,(H,30,34)/t14-,18+,20+,22?,23?/m0/s1. The predicted octanol–water partition coefficient (Wildman–Crippen LogP) is 3.53. The molecule has 1 amide bonds. The van der Waals surface area contributed by atoms with E-state index in [1.165, 1.54) is 0 Å². The zero-order valence-electron chi connectivity index (χ0n) is 19.3. The Kier molecular flexibility index (Phi) is 5.47. The Hall–Kier alpha value is -2.50. The molecule has 36 heavy (non-hydrogen) atoms. The number of anilines is 1. The summed E-state index contributed by atoms with van der Waals surface area (Å²) in [5.41, 5.74) is 1.02. The van der Waals surface area contributed by atoms with Gasteiger partial charge in [-0.05, 0) is 43.9 Å². The Morgan fingerprint density at radius 3 is 2.86 bits per heavy atom. The molecule has 2 aliphatic heterocycles. The van der Waals surface area contributed by atoms with Gasteiger partial charge in [-0.15, -0.1) is 13.2 Å². The molecule has 194 valence electrons. The molecular formula is C24H26ClF3N4O4. The molecule has 1 saturated heterocycles. The molecule has 0 unspecified atom stereocenters. The number of rotatable bonds is 6. The van der Waals surface area contributed by atoms with Crippen LogP contribution in [-0.2, 0) is 15.1 Å². The van der Waals surface area contributed by atoms with Gasteiger partial charge in [0, 0.05) is 47.8 Å². The van der Waals surface area contributed by atoms with Crippen molar-refractivity contribution in [1.29, 1.82) is 0 Å². The lowest BCUT2D eigenvalue weighted by atomic mass is 9.44. The van der Waals surface area contributed by atoms with Crippen LogP contribution in [0.2, 0.25) is 5.02 Å². The van der Waals surface area contributed by atoms with E-state index < -0.39 is 18.6 Å². The molecule has 3 atom stereocenters. The highest BCUT2D eigenvalue weighted by Gasteiger charge is 2.70. The van der Waals surface area contributed by atoms with E-state index in [1.807, 2.05) is 15.8 Å². The molecule has 3 saturated carbocycles. The van der Waals surface area contributed by atoms with Crippen molar-refractivity contribution in [3.8, 4) is 5.75 Å². The second-order valence-electron chi connectivity index (χ2n) is 10.6. The number of hydrogen-bond acceptors (Lipinski definition) is 6. The lowest BCUT2D eigenvalue weighted by molar-refractivity contribution is -0.327. The van der Waals surface area contributed by atoms with Gasteiger partial charge in [0.2, 0.25) is 0 Å². The van der Waals surface area contributed by atoms with Gasteiger partial charge in [-0.2, -0.15) is 5.10 Å². The summed E-state index contributed by atoms with van der Waals surface area (Å²) >= 11 is 6.00. The average molecular weight is 527 g/mol. The number of aliphatic hydroxyl groups is 1. The van der Waals surface area contributed by atoms with Gasteiger partial charge in [0.1, 0.15) is 5.75 Å². The van der Waals surface area contributed by atoms with Crippen molar-refractivity contribution in [1.82, 2.24) is 15.1 Å². The topological polar surface area (TPSA) is 88.9 Å². The number of fused-ring (bicyclic) bond motifs is 1. The Balaban J connectivity index is 1.02. The van der Waals surface area contributed by atoms with Crippen molar-refractivity contribution in [2.24, 2.45) is 5.92 Å². The number of alkyl halides is 3. The largest absolute Gasteiger partial charge is 0.522 e. The summed E-state index contributed by atoms with van der Waals surface area (Å²) in [6.45, 7) is 0.825. The first kappa shape index (κ1) is 23.9. The highest BCUT2D eigenvalue weighted by atomic mass is 35.5. The van der Waals surface area contributed by atoms with Gasteiger partial charge in [-0.25, -0.2) is 0 Å². The predicted molar refractivity (Wildman–Crippen MR) is 123 cm³/mol. The summed E-state index contributed by atoms with van der Waals surface area (Å²) in [5, 5.41) is 18.6. The fourth-order valence-corrected chi connectivity index (χ4v) is 6.36. The van der Waals surface area contributed by atoms with Crippen LogP contribution >= 0.6 is 11.6 Å². The lowest BCUT2D eigenvalue weighted by Gasteiger charge is -2.70. The molecule has 1 aromatic carbocycles. The second kappa shape index (κ2) is 8.26. The Morgan fingerprint density at radius 2 is 2.11 bits per heavy atom. The third-order valence-electron chi connectivity index (χ3n) is 7.91. The quantitative estimate of drug-likeness (QED) is 0.599. The van der Waals surface area contributed by atoms with Crippen LogP contribution in [0.25, 0.3) is 0 Å².